The van der Waals surface area contributed by atoms with Gasteiger partial charge in [0.2, 0.25) is 0 Å². The largest absolute Gasteiger partial charge is 0.493 e. The molecule has 1 aliphatic rings. The quantitative estimate of drug-likeness (QED) is 0.430. The van der Waals surface area contributed by atoms with Crippen LogP contribution >= 0.6 is 11.3 Å². The van der Waals surface area contributed by atoms with Gasteiger partial charge in [-0.1, -0.05) is 30.3 Å². The lowest BCUT2D eigenvalue weighted by molar-refractivity contribution is -0.139. The molecule has 0 saturated carbocycles. The Morgan fingerprint density at radius 1 is 1.08 bits per heavy atom. The number of benzene rings is 2. The van der Waals surface area contributed by atoms with Gasteiger partial charge < -0.3 is 19.9 Å². The fraction of sp³-hybridized carbons (Fsp3) is 0.214. The predicted octanol–water partition coefficient (Wildman–Crippen LogP) is 3.97. The molecule has 194 valence electrons. The number of aromatic nitrogens is 1. The number of allylic oxidation sites excluding steroid dienone is 1. The van der Waals surface area contributed by atoms with Crippen molar-refractivity contribution in [2.24, 2.45) is 5.73 Å². The van der Waals surface area contributed by atoms with Gasteiger partial charge in [-0.25, -0.2) is 14.6 Å². The van der Waals surface area contributed by atoms with E-state index in [-0.39, 0.29) is 22.7 Å². The van der Waals surface area contributed by atoms with Gasteiger partial charge in [0.15, 0.2) is 0 Å². The summed E-state index contributed by atoms with van der Waals surface area (Å²) in [6.07, 6.45) is 0.726. The summed E-state index contributed by atoms with van der Waals surface area (Å²) in [5.41, 5.74) is 10.3. The average Bonchev–Trinajstić information content (AvgIpc) is 3.36. The molecule has 1 aliphatic heterocycles. The number of carbonyl (C=O) groups is 2. The summed E-state index contributed by atoms with van der Waals surface area (Å²) in [5, 5.41) is 10.1. The van der Waals surface area contributed by atoms with Crippen molar-refractivity contribution in [3.63, 3.8) is 0 Å². The van der Waals surface area contributed by atoms with Crippen LogP contribution in [-0.2, 0) is 25.5 Å². The van der Waals surface area contributed by atoms with Gasteiger partial charge in [-0.2, -0.15) is 5.26 Å². The molecule has 38 heavy (non-hydrogen) atoms. The monoisotopic (exact) mass is 530 g/mol. The van der Waals surface area contributed by atoms with Crippen LogP contribution in [0.3, 0.4) is 0 Å². The summed E-state index contributed by atoms with van der Waals surface area (Å²) in [6.45, 7) is 2.43. The molecule has 0 amide bonds. The fourth-order valence-electron chi connectivity index (χ4n) is 4.30. The second-order valence-corrected chi connectivity index (χ2v) is 9.23. The number of nitrogens with two attached hydrogens (primary N) is 1. The van der Waals surface area contributed by atoms with Gasteiger partial charge in [0.1, 0.15) is 17.3 Å². The highest BCUT2D eigenvalue weighted by Crippen LogP contribution is 2.43. The molecule has 1 atom stereocenters. The number of nitrogens with zero attached hydrogens (tertiary/aromatic N) is 3. The van der Waals surface area contributed by atoms with Crippen molar-refractivity contribution in [1.29, 1.82) is 5.26 Å². The molecule has 10 heteroatoms. The molecule has 0 fully saturated rings. The Labute approximate surface area is 224 Å². The van der Waals surface area contributed by atoms with Crippen LogP contribution in [0, 0.1) is 18.3 Å². The Bertz CT molecular complexity index is 1440. The molecule has 4 rings (SSSR count). The molecule has 2 heterocycles. The first-order valence-electron chi connectivity index (χ1n) is 11.7. The highest BCUT2D eigenvalue weighted by molar-refractivity contribution is 7.09. The van der Waals surface area contributed by atoms with Crippen LogP contribution in [0.4, 0.5) is 5.69 Å². The Kier molecular flexibility index (Phi) is 8.09. The summed E-state index contributed by atoms with van der Waals surface area (Å²) >= 11 is 1.59. The summed E-state index contributed by atoms with van der Waals surface area (Å²) < 4.78 is 16.0. The maximum atomic E-state index is 13.1. The van der Waals surface area contributed by atoms with Crippen LogP contribution in [-0.4, -0.2) is 37.7 Å². The third kappa shape index (κ3) is 5.10. The van der Waals surface area contributed by atoms with Crippen LogP contribution in [0.2, 0.25) is 0 Å². The molecular formula is C28H26N4O5S. The number of hydrogen-bond acceptors (Lipinski definition) is 10. The second-order valence-electron chi connectivity index (χ2n) is 8.29. The van der Waals surface area contributed by atoms with Gasteiger partial charge >= 0.3 is 11.9 Å². The number of anilines is 1. The standard InChI is InChI=1S/C28H26N4O5S/c1-17-22(38-16-31-17)13-14-37-20-11-9-19(10-12-20)32-25(28(34)36-3)24(27(33)35-2)23(21(15-29)26(32)30)18-7-5-4-6-8-18/h4-12,16,23H,13-14,30H2,1-3H3. The molecule has 2 aromatic carbocycles. The van der Waals surface area contributed by atoms with Gasteiger partial charge in [-0.15, -0.1) is 11.3 Å². The Balaban J connectivity index is 1.75. The number of hydrogen-bond donors (Lipinski definition) is 1. The Morgan fingerprint density at radius 3 is 2.34 bits per heavy atom. The van der Waals surface area contributed by atoms with Crippen LogP contribution in [0.5, 0.6) is 5.75 Å². The zero-order chi connectivity index (χ0) is 27.2. The topological polar surface area (TPSA) is 128 Å². The number of rotatable bonds is 8. The molecular weight excluding hydrogens is 504 g/mol. The van der Waals surface area contributed by atoms with Crippen LogP contribution < -0.4 is 15.4 Å². The maximum Gasteiger partial charge on any atom is 0.355 e. The molecule has 2 N–H and O–H groups in total. The Morgan fingerprint density at radius 2 is 1.76 bits per heavy atom. The van der Waals surface area contributed by atoms with E-state index in [2.05, 4.69) is 11.1 Å². The van der Waals surface area contributed by atoms with E-state index < -0.39 is 17.9 Å². The average molecular weight is 531 g/mol. The number of nitriles is 1. The fourth-order valence-corrected chi connectivity index (χ4v) is 5.06. The summed E-state index contributed by atoms with van der Waals surface area (Å²) in [5.74, 6) is -1.88. The van der Waals surface area contributed by atoms with Gasteiger partial charge in [0, 0.05) is 17.0 Å². The highest BCUT2D eigenvalue weighted by atomic mass is 32.1. The minimum absolute atomic E-state index is 0.00347. The molecule has 0 bridgehead atoms. The smallest absolute Gasteiger partial charge is 0.355 e. The molecule has 0 spiro atoms. The van der Waals surface area contributed by atoms with E-state index in [1.54, 1.807) is 59.9 Å². The summed E-state index contributed by atoms with van der Waals surface area (Å²) in [4.78, 5) is 33.0. The van der Waals surface area contributed by atoms with E-state index in [4.69, 9.17) is 19.9 Å². The number of ether oxygens (including phenoxy) is 3. The highest BCUT2D eigenvalue weighted by Gasteiger charge is 2.42. The van der Waals surface area contributed by atoms with Crippen molar-refractivity contribution in [2.45, 2.75) is 19.3 Å². The Hall–Kier alpha value is -4.62. The first-order valence-corrected chi connectivity index (χ1v) is 12.6. The molecule has 1 aromatic heterocycles. The predicted molar refractivity (Wildman–Crippen MR) is 142 cm³/mol. The lowest BCUT2D eigenvalue weighted by Crippen LogP contribution is -2.40. The number of thiazole rings is 1. The van der Waals surface area contributed by atoms with Crippen molar-refractivity contribution < 1.29 is 23.8 Å². The molecule has 0 radical (unpaired) electrons. The first kappa shape index (κ1) is 26.4. The third-order valence-electron chi connectivity index (χ3n) is 6.15. The zero-order valence-corrected chi connectivity index (χ0v) is 22.0. The van der Waals surface area contributed by atoms with E-state index in [1.165, 1.54) is 19.1 Å². The van der Waals surface area contributed by atoms with E-state index in [9.17, 15) is 14.9 Å². The normalized spacial score (nSPS) is 15.2. The van der Waals surface area contributed by atoms with Gasteiger partial charge in [-0.3, -0.25) is 4.90 Å². The van der Waals surface area contributed by atoms with Gasteiger partial charge in [0.05, 0.1) is 55.2 Å². The lowest BCUT2D eigenvalue weighted by atomic mass is 9.81. The summed E-state index contributed by atoms with van der Waals surface area (Å²) in [7, 11) is 2.42. The van der Waals surface area contributed by atoms with Crippen molar-refractivity contribution in [2.75, 3.05) is 25.7 Å². The molecule has 0 saturated heterocycles. The first-order chi connectivity index (χ1) is 18.4. The summed E-state index contributed by atoms with van der Waals surface area (Å²) in [6, 6.07) is 17.8. The number of esters is 2. The number of aryl methyl sites for hydroxylation is 1. The molecule has 9 nitrogen and oxygen atoms in total. The molecule has 1 unspecified atom stereocenters. The van der Waals surface area contributed by atoms with Gasteiger partial charge in [0.25, 0.3) is 0 Å². The van der Waals surface area contributed by atoms with Crippen molar-refractivity contribution in [3.05, 3.63) is 98.9 Å². The zero-order valence-electron chi connectivity index (χ0n) is 21.1. The van der Waals surface area contributed by atoms with Crippen molar-refractivity contribution >= 4 is 29.0 Å². The van der Waals surface area contributed by atoms with E-state index >= 15 is 0 Å². The van der Waals surface area contributed by atoms with Crippen LogP contribution in [0.25, 0.3) is 0 Å². The van der Waals surface area contributed by atoms with Gasteiger partial charge in [-0.05, 0) is 36.8 Å². The minimum atomic E-state index is -0.920. The van der Waals surface area contributed by atoms with Crippen LogP contribution in [0.15, 0.2) is 82.8 Å². The van der Waals surface area contributed by atoms with Crippen molar-refractivity contribution in [1.82, 2.24) is 4.98 Å². The third-order valence-corrected chi connectivity index (χ3v) is 7.14. The van der Waals surface area contributed by atoms with Crippen LogP contribution in [0.1, 0.15) is 22.1 Å². The number of methoxy groups -OCH3 is 2. The molecule has 3 aromatic rings. The van der Waals surface area contributed by atoms with Crippen molar-refractivity contribution in [3.8, 4) is 11.8 Å². The minimum Gasteiger partial charge on any atom is -0.493 e. The second kappa shape index (κ2) is 11.6. The lowest BCUT2D eigenvalue weighted by Gasteiger charge is -2.35. The number of carbonyl (C=O) groups excluding carboxylic acids is 2. The van der Waals surface area contributed by atoms with E-state index in [0.29, 0.717) is 23.6 Å². The molecule has 0 aliphatic carbocycles. The van der Waals surface area contributed by atoms with E-state index in [1.807, 2.05) is 18.5 Å². The van der Waals surface area contributed by atoms with E-state index in [0.717, 1.165) is 17.0 Å². The SMILES string of the molecule is COC(=O)C1=C(C(=O)OC)N(c2ccc(OCCc3scnc3C)cc2)C(N)=C(C#N)C1c1ccccc1. The maximum absolute atomic E-state index is 13.1.